The van der Waals surface area contributed by atoms with Crippen LogP contribution in [-0.2, 0) is 23.1 Å². The molecule has 7 heterocycles. The number of nitrogen functional groups attached to an aromatic ring is 2. The van der Waals surface area contributed by atoms with Crippen LogP contribution in [0.2, 0.25) is 0 Å². The number of rotatable bonds is 2. The zero-order valence-electron chi connectivity index (χ0n) is 21.0. The number of ether oxygens (including phenoxy) is 2. The van der Waals surface area contributed by atoms with Crippen molar-refractivity contribution < 1.29 is 36.8 Å². The summed E-state index contributed by atoms with van der Waals surface area (Å²) in [4.78, 5) is 41.1. The molecule has 0 aromatic carbocycles. The van der Waals surface area contributed by atoms with E-state index in [1.165, 1.54) is 28.0 Å². The van der Waals surface area contributed by atoms with E-state index in [0.29, 0.717) is 12.8 Å². The number of hydrogen-bond donors (Lipinski definition) is 4. The fourth-order valence-electron chi connectivity index (χ4n) is 5.84. The van der Waals surface area contributed by atoms with Crippen LogP contribution in [0.25, 0.3) is 22.2 Å². The van der Waals surface area contributed by atoms with Crippen LogP contribution in [0.5, 0.6) is 0 Å². The third-order valence-corrected chi connectivity index (χ3v) is 8.72. The minimum Gasteiger partial charge on any atom is -0.383 e. The highest BCUT2D eigenvalue weighted by Gasteiger charge is 2.52. The van der Waals surface area contributed by atoms with Gasteiger partial charge in [0.15, 0.2) is 35.0 Å². The van der Waals surface area contributed by atoms with Gasteiger partial charge in [0.25, 0.3) is 5.56 Å². The first-order valence-corrected chi connectivity index (χ1v) is 14.2. The molecule has 0 spiro atoms. The molecule has 3 aliphatic rings. The number of anilines is 2. The summed E-state index contributed by atoms with van der Waals surface area (Å²) in [5.41, 5.74) is 11.0. The fraction of sp³-hybridized carbons (Fsp3) is 0.500. The zero-order valence-corrected chi connectivity index (χ0v) is 21.9. The van der Waals surface area contributed by atoms with Gasteiger partial charge in [-0.05, 0) is 25.2 Å². The molecule has 3 aliphatic heterocycles. The minimum atomic E-state index is -4.86. The van der Waals surface area contributed by atoms with Gasteiger partial charge in [-0.1, -0.05) is 0 Å². The number of fused-ring (bicyclic) bond motifs is 5. The van der Waals surface area contributed by atoms with Crippen molar-refractivity contribution >= 4 is 41.8 Å². The number of H-pyrrole nitrogens is 1. The van der Waals surface area contributed by atoms with Crippen LogP contribution in [0.1, 0.15) is 31.7 Å². The second-order valence-corrected chi connectivity index (χ2v) is 11.6. The quantitative estimate of drug-likeness (QED) is 0.240. The highest BCUT2D eigenvalue weighted by Crippen LogP contribution is 2.52. The topological polar surface area (TPSA) is 221 Å². The van der Waals surface area contributed by atoms with E-state index in [9.17, 15) is 18.6 Å². The Morgan fingerprint density at radius 2 is 1.95 bits per heavy atom. The predicted molar refractivity (Wildman–Crippen MR) is 135 cm³/mol. The predicted octanol–water partition coefficient (Wildman–Crippen LogP) is 1.30. The minimum absolute atomic E-state index is 0.0128. The Bertz CT molecular complexity index is 1760. The number of imidazole rings is 1. The number of aromatic amines is 1. The molecule has 41 heavy (non-hydrogen) atoms. The van der Waals surface area contributed by atoms with Crippen LogP contribution in [0.15, 0.2) is 23.6 Å². The van der Waals surface area contributed by atoms with E-state index in [0.717, 1.165) is 0 Å². The molecule has 3 fully saturated rings. The lowest BCUT2D eigenvalue weighted by Gasteiger charge is -2.25. The molecule has 0 radical (unpaired) electrons. The molecular weight excluding hydrogens is 571 g/mol. The maximum absolute atomic E-state index is 15.8. The van der Waals surface area contributed by atoms with Crippen LogP contribution < -0.4 is 17.0 Å². The molecule has 2 bridgehead atoms. The third kappa shape index (κ3) is 4.38. The number of halogens is 2. The van der Waals surface area contributed by atoms with Crippen LogP contribution >= 0.6 is 7.82 Å². The second kappa shape index (κ2) is 9.50. The van der Waals surface area contributed by atoms with Crippen molar-refractivity contribution in [2.75, 3.05) is 18.1 Å². The molecule has 16 nitrogen and oxygen atoms in total. The largest absolute Gasteiger partial charge is 0.472 e. The molecule has 218 valence electrons. The SMILES string of the molecule is Nc1nc2c(ncn2[C@@H]2OC3CC[C@H]4C[C@H](n5cc(F)c6c(N)ncnc65)O[C@@H]4COP(=O)(O)O[C@@H]2[C@@H]3F)c(=O)[nH]1. The van der Waals surface area contributed by atoms with Crippen molar-refractivity contribution in [3.8, 4) is 0 Å². The van der Waals surface area contributed by atoms with Gasteiger partial charge in [-0.3, -0.25) is 23.4 Å². The summed E-state index contributed by atoms with van der Waals surface area (Å²) in [6.45, 7) is -0.352. The number of nitrogens with zero attached hydrogens (tertiary/aromatic N) is 6. The van der Waals surface area contributed by atoms with Crippen LogP contribution in [0, 0.1) is 11.7 Å². The number of phosphoric ester groups is 1. The highest BCUT2D eigenvalue weighted by molar-refractivity contribution is 7.47. The smallest absolute Gasteiger partial charge is 0.383 e. The first-order chi connectivity index (χ1) is 19.6. The van der Waals surface area contributed by atoms with Crippen LogP contribution in [0.3, 0.4) is 0 Å². The third-order valence-electron chi connectivity index (χ3n) is 7.73. The maximum Gasteiger partial charge on any atom is 0.472 e. The molecular formula is C22H24F2N9O7P. The molecule has 8 atom stereocenters. The lowest BCUT2D eigenvalue weighted by atomic mass is 9.93. The first kappa shape index (κ1) is 26.4. The number of nitrogens with two attached hydrogens (primary N) is 2. The van der Waals surface area contributed by atoms with Crippen molar-refractivity contribution in [3.05, 3.63) is 35.0 Å². The van der Waals surface area contributed by atoms with Crippen molar-refractivity contribution in [1.29, 1.82) is 0 Å². The molecule has 0 saturated carbocycles. The van der Waals surface area contributed by atoms with Gasteiger partial charge >= 0.3 is 7.82 Å². The van der Waals surface area contributed by atoms with E-state index in [2.05, 4.69) is 24.9 Å². The van der Waals surface area contributed by atoms with Gasteiger partial charge in [-0.2, -0.15) is 4.98 Å². The average molecular weight is 595 g/mol. The van der Waals surface area contributed by atoms with E-state index in [1.807, 2.05) is 0 Å². The van der Waals surface area contributed by atoms with Crippen molar-refractivity contribution in [3.63, 3.8) is 0 Å². The Hall–Kier alpha value is -3.54. The molecule has 0 aliphatic carbocycles. The molecule has 4 aromatic heterocycles. The second-order valence-electron chi connectivity index (χ2n) is 10.2. The van der Waals surface area contributed by atoms with Gasteiger partial charge in [0.05, 0.1) is 30.5 Å². The number of aromatic nitrogens is 7. The van der Waals surface area contributed by atoms with E-state index in [1.54, 1.807) is 0 Å². The molecule has 3 saturated heterocycles. The lowest BCUT2D eigenvalue weighted by Crippen LogP contribution is -2.30. The van der Waals surface area contributed by atoms with Gasteiger partial charge in [-0.25, -0.2) is 28.3 Å². The van der Waals surface area contributed by atoms with Crippen LogP contribution in [-0.4, -0.2) is 70.0 Å². The van der Waals surface area contributed by atoms with Crippen molar-refractivity contribution in [2.45, 2.75) is 56.2 Å². The average Bonchev–Trinajstić information content (AvgIpc) is 3.66. The summed E-state index contributed by atoms with van der Waals surface area (Å²) in [6, 6.07) is 0. The molecule has 7 rings (SSSR count). The Kier molecular flexibility index (Phi) is 6.11. The van der Waals surface area contributed by atoms with Gasteiger partial charge < -0.3 is 30.4 Å². The Balaban J connectivity index is 1.18. The monoisotopic (exact) mass is 595 g/mol. The number of alkyl halides is 1. The van der Waals surface area contributed by atoms with Gasteiger partial charge in [0, 0.05) is 6.20 Å². The standard InChI is InChI=1S/C22H24F2N9O7P/c23-9-4-32(18-13(9)17(25)27-6-28-18)12-3-8-1-2-10-14(24)16(40-41(35,36)37-5-11(8)38-12)21(39-10)33-7-29-15-19(33)30-22(26)31-20(15)34/h4,6-8,10-12,14,16,21H,1-3,5H2,(H,35,36)(H2,25,27,28)(H3,26,30,31,34)/t8-,10?,11+,12+,14+,16+,21+/m0/s1. The van der Waals surface area contributed by atoms with Gasteiger partial charge in [-0.15, -0.1) is 0 Å². The van der Waals surface area contributed by atoms with E-state index in [4.69, 9.17) is 30.0 Å². The zero-order chi connectivity index (χ0) is 28.6. The Morgan fingerprint density at radius 1 is 1.12 bits per heavy atom. The number of hydrogen-bond acceptors (Lipinski definition) is 12. The fourth-order valence-corrected chi connectivity index (χ4v) is 6.76. The van der Waals surface area contributed by atoms with Crippen molar-refractivity contribution in [2.24, 2.45) is 5.92 Å². The highest BCUT2D eigenvalue weighted by atomic mass is 31.2. The maximum atomic E-state index is 15.8. The summed E-state index contributed by atoms with van der Waals surface area (Å²) in [5.74, 6) is -1.14. The summed E-state index contributed by atoms with van der Waals surface area (Å²) in [5, 5.41) is 0.0528. The first-order valence-electron chi connectivity index (χ1n) is 12.7. The number of phosphoric acid groups is 1. The summed E-state index contributed by atoms with van der Waals surface area (Å²) in [6.07, 6.45) is -2.72. The van der Waals surface area contributed by atoms with E-state index < -0.39 is 56.1 Å². The van der Waals surface area contributed by atoms with Gasteiger partial charge in [0.2, 0.25) is 5.95 Å². The summed E-state index contributed by atoms with van der Waals surface area (Å²) < 4.78 is 68.8. The molecule has 0 amide bonds. The van der Waals surface area contributed by atoms with Crippen molar-refractivity contribution in [1.82, 2.24) is 34.1 Å². The molecule has 2 unspecified atom stereocenters. The number of nitrogens with one attached hydrogen (secondary N) is 1. The van der Waals surface area contributed by atoms with E-state index >= 15 is 4.39 Å². The Morgan fingerprint density at radius 3 is 2.78 bits per heavy atom. The molecule has 6 N–H and O–H groups in total. The van der Waals surface area contributed by atoms with Crippen LogP contribution in [0.4, 0.5) is 20.5 Å². The molecule has 19 heteroatoms. The van der Waals surface area contributed by atoms with Gasteiger partial charge in [0.1, 0.15) is 24.5 Å². The summed E-state index contributed by atoms with van der Waals surface area (Å²) in [7, 11) is -4.86. The lowest BCUT2D eigenvalue weighted by molar-refractivity contribution is -0.0566. The molecule has 4 aromatic rings. The summed E-state index contributed by atoms with van der Waals surface area (Å²) >= 11 is 0. The normalized spacial score (nSPS) is 34.2. The van der Waals surface area contributed by atoms with E-state index in [-0.39, 0.29) is 52.9 Å². The Labute approximate surface area is 228 Å².